The first-order valence-corrected chi connectivity index (χ1v) is 10.5. The van der Waals surface area contributed by atoms with Crippen LogP contribution in [0.4, 0.5) is 4.79 Å². The van der Waals surface area contributed by atoms with Crippen LogP contribution in [0.2, 0.25) is 0 Å². The maximum atomic E-state index is 12.3. The van der Waals surface area contributed by atoms with E-state index in [4.69, 9.17) is 9.84 Å². The number of carboxylic acids is 1. The summed E-state index contributed by atoms with van der Waals surface area (Å²) >= 11 is 0. The SMILES string of the molecule is CN(CC(=O)O)C(=O)CC1CC(NC(=O)OCC2c3ccccc3-c3ccccc32)C1. The van der Waals surface area contributed by atoms with Gasteiger partial charge in [0, 0.05) is 25.4 Å². The van der Waals surface area contributed by atoms with Gasteiger partial charge in [-0.2, -0.15) is 0 Å². The minimum absolute atomic E-state index is 0.0155. The third-order valence-corrected chi connectivity index (χ3v) is 6.16. The highest BCUT2D eigenvalue weighted by Crippen LogP contribution is 2.44. The first-order chi connectivity index (χ1) is 14.9. The van der Waals surface area contributed by atoms with Crippen LogP contribution in [0.3, 0.4) is 0 Å². The normalized spacial score (nSPS) is 19.0. The molecule has 0 aliphatic heterocycles. The second kappa shape index (κ2) is 8.79. The molecule has 31 heavy (non-hydrogen) atoms. The van der Waals surface area contributed by atoms with E-state index in [1.165, 1.54) is 34.2 Å². The molecule has 0 spiro atoms. The molecule has 4 rings (SSSR count). The first-order valence-electron chi connectivity index (χ1n) is 10.5. The molecule has 2 amide bonds. The van der Waals surface area contributed by atoms with E-state index in [0.717, 1.165) is 0 Å². The fourth-order valence-electron chi connectivity index (χ4n) is 4.52. The Balaban J connectivity index is 1.24. The number of aliphatic carboxylic acids is 1. The summed E-state index contributed by atoms with van der Waals surface area (Å²) < 4.78 is 5.55. The van der Waals surface area contributed by atoms with Crippen LogP contribution < -0.4 is 5.32 Å². The van der Waals surface area contributed by atoms with Crippen molar-refractivity contribution in [1.29, 1.82) is 0 Å². The molecule has 2 aliphatic carbocycles. The van der Waals surface area contributed by atoms with Gasteiger partial charge in [0.15, 0.2) is 0 Å². The highest BCUT2D eigenvalue weighted by atomic mass is 16.5. The van der Waals surface area contributed by atoms with Crippen molar-refractivity contribution >= 4 is 18.0 Å². The number of ether oxygens (including phenoxy) is 1. The van der Waals surface area contributed by atoms with E-state index in [1.54, 1.807) is 0 Å². The molecule has 1 fully saturated rings. The summed E-state index contributed by atoms with van der Waals surface area (Å²) in [7, 11) is 1.49. The van der Waals surface area contributed by atoms with Gasteiger partial charge in [0.2, 0.25) is 5.91 Å². The van der Waals surface area contributed by atoms with Gasteiger partial charge < -0.3 is 20.1 Å². The standard InChI is InChI=1S/C24H26N2O5/c1-26(13-23(28)29)22(27)12-15-10-16(11-15)25-24(30)31-14-21-19-8-4-2-6-17(19)18-7-3-5-9-20(18)21/h2-9,15-16,21H,10-14H2,1H3,(H,25,30)(H,28,29). The van der Waals surface area contributed by atoms with Crippen LogP contribution >= 0.6 is 0 Å². The van der Waals surface area contributed by atoms with Crippen molar-refractivity contribution in [2.75, 3.05) is 20.2 Å². The third kappa shape index (κ3) is 4.55. The van der Waals surface area contributed by atoms with Gasteiger partial charge in [-0.3, -0.25) is 9.59 Å². The number of hydrogen-bond donors (Lipinski definition) is 2. The van der Waals surface area contributed by atoms with Crippen LogP contribution in [0.1, 0.15) is 36.3 Å². The molecule has 0 heterocycles. The number of amides is 2. The number of rotatable bonds is 7. The van der Waals surface area contributed by atoms with Crippen LogP contribution in [-0.2, 0) is 14.3 Å². The van der Waals surface area contributed by atoms with Crippen LogP contribution in [0.15, 0.2) is 48.5 Å². The van der Waals surface area contributed by atoms with Gasteiger partial charge in [0.25, 0.3) is 0 Å². The Hall–Kier alpha value is -3.35. The lowest BCUT2D eigenvalue weighted by Gasteiger charge is -2.35. The number of fused-ring (bicyclic) bond motifs is 3. The number of carbonyl (C=O) groups is 3. The Bertz CT molecular complexity index is 953. The van der Waals surface area contributed by atoms with E-state index < -0.39 is 12.1 Å². The number of nitrogens with one attached hydrogen (secondary N) is 1. The lowest BCUT2D eigenvalue weighted by atomic mass is 9.78. The zero-order valence-corrected chi connectivity index (χ0v) is 17.4. The van der Waals surface area contributed by atoms with Crippen molar-refractivity contribution in [2.45, 2.75) is 31.2 Å². The summed E-state index contributed by atoms with van der Waals surface area (Å²) in [5.41, 5.74) is 4.71. The minimum Gasteiger partial charge on any atom is -0.480 e. The molecule has 1 saturated carbocycles. The van der Waals surface area contributed by atoms with Crippen molar-refractivity contribution in [1.82, 2.24) is 10.2 Å². The molecular weight excluding hydrogens is 396 g/mol. The number of hydrogen-bond acceptors (Lipinski definition) is 4. The molecule has 7 heteroatoms. The van der Waals surface area contributed by atoms with Gasteiger partial charge in [0.1, 0.15) is 13.2 Å². The Kier molecular flexibility index (Phi) is 5.93. The summed E-state index contributed by atoms with van der Waals surface area (Å²) in [6, 6.07) is 16.4. The number of carbonyl (C=O) groups excluding carboxylic acids is 2. The number of likely N-dealkylation sites (N-methyl/N-ethyl adjacent to an activating group) is 1. The molecule has 0 bridgehead atoms. The largest absolute Gasteiger partial charge is 0.480 e. The molecule has 0 unspecified atom stereocenters. The van der Waals surface area contributed by atoms with Gasteiger partial charge in [0.05, 0.1) is 0 Å². The Morgan fingerprint density at radius 2 is 1.61 bits per heavy atom. The predicted molar refractivity (Wildman–Crippen MR) is 115 cm³/mol. The highest BCUT2D eigenvalue weighted by Gasteiger charge is 2.34. The van der Waals surface area contributed by atoms with Gasteiger partial charge >= 0.3 is 12.1 Å². The second-order valence-electron chi connectivity index (χ2n) is 8.35. The average molecular weight is 422 g/mol. The van der Waals surface area contributed by atoms with Gasteiger partial charge in [-0.1, -0.05) is 48.5 Å². The van der Waals surface area contributed by atoms with Crippen molar-refractivity contribution in [2.24, 2.45) is 5.92 Å². The molecule has 2 aromatic carbocycles. The fourth-order valence-corrected chi connectivity index (χ4v) is 4.52. The van der Waals surface area contributed by atoms with Crippen molar-refractivity contribution < 1.29 is 24.2 Å². The fraction of sp³-hybridized carbons (Fsp3) is 0.375. The molecule has 2 N–H and O–H groups in total. The molecule has 2 aliphatic rings. The van der Waals surface area contributed by atoms with Crippen LogP contribution in [0, 0.1) is 5.92 Å². The van der Waals surface area contributed by atoms with E-state index in [-0.39, 0.29) is 36.9 Å². The molecule has 2 aromatic rings. The van der Waals surface area contributed by atoms with Crippen LogP contribution in [-0.4, -0.2) is 54.2 Å². The predicted octanol–water partition coefficient (Wildman–Crippen LogP) is 3.24. The summed E-state index contributed by atoms with van der Waals surface area (Å²) in [4.78, 5) is 36.2. The van der Waals surface area contributed by atoms with Gasteiger partial charge in [-0.25, -0.2) is 4.79 Å². The summed E-state index contributed by atoms with van der Waals surface area (Å²) in [5.74, 6) is -1.04. The van der Waals surface area contributed by atoms with E-state index >= 15 is 0 Å². The zero-order valence-electron chi connectivity index (χ0n) is 17.4. The van der Waals surface area contributed by atoms with Crippen molar-refractivity contribution in [3.05, 3.63) is 59.7 Å². The number of nitrogens with zero attached hydrogens (tertiary/aromatic N) is 1. The first kappa shape index (κ1) is 20.9. The summed E-state index contributed by atoms with van der Waals surface area (Å²) in [6.07, 6.45) is 1.24. The van der Waals surface area contributed by atoms with Gasteiger partial charge in [-0.05, 0) is 41.0 Å². The second-order valence-corrected chi connectivity index (χ2v) is 8.35. The van der Waals surface area contributed by atoms with Crippen LogP contribution in [0.25, 0.3) is 11.1 Å². The Morgan fingerprint density at radius 1 is 1.03 bits per heavy atom. The average Bonchev–Trinajstić information content (AvgIpc) is 3.04. The van der Waals surface area contributed by atoms with Crippen molar-refractivity contribution in [3.8, 4) is 11.1 Å². The minimum atomic E-state index is -1.03. The maximum absolute atomic E-state index is 12.3. The van der Waals surface area contributed by atoms with Crippen LogP contribution in [0.5, 0.6) is 0 Å². The topological polar surface area (TPSA) is 95.9 Å². The highest BCUT2D eigenvalue weighted by molar-refractivity contribution is 5.81. The molecular formula is C24H26N2O5. The molecule has 0 saturated heterocycles. The number of carboxylic acid groups (broad SMARTS) is 1. The Morgan fingerprint density at radius 3 is 2.19 bits per heavy atom. The zero-order chi connectivity index (χ0) is 22.0. The maximum Gasteiger partial charge on any atom is 0.407 e. The Labute approximate surface area is 181 Å². The molecule has 7 nitrogen and oxygen atoms in total. The summed E-state index contributed by atoms with van der Waals surface area (Å²) in [5, 5.41) is 11.6. The number of benzene rings is 2. The molecule has 0 aromatic heterocycles. The van der Waals surface area contributed by atoms with Crippen molar-refractivity contribution in [3.63, 3.8) is 0 Å². The van der Waals surface area contributed by atoms with E-state index in [2.05, 4.69) is 29.6 Å². The summed E-state index contributed by atoms with van der Waals surface area (Å²) in [6.45, 7) is -0.0263. The smallest absolute Gasteiger partial charge is 0.407 e. The quantitative estimate of drug-likeness (QED) is 0.714. The molecule has 0 atom stereocenters. The monoisotopic (exact) mass is 422 g/mol. The molecule has 0 radical (unpaired) electrons. The number of alkyl carbamates (subject to hydrolysis) is 1. The lowest BCUT2D eigenvalue weighted by Crippen LogP contribution is -2.46. The van der Waals surface area contributed by atoms with E-state index in [0.29, 0.717) is 19.3 Å². The van der Waals surface area contributed by atoms with E-state index in [1.807, 2.05) is 24.3 Å². The lowest BCUT2D eigenvalue weighted by molar-refractivity contribution is -0.144. The van der Waals surface area contributed by atoms with E-state index in [9.17, 15) is 14.4 Å². The van der Waals surface area contributed by atoms with Gasteiger partial charge in [-0.15, -0.1) is 0 Å². The molecule has 162 valence electrons. The third-order valence-electron chi connectivity index (χ3n) is 6.16.